The highest BCUT2D eigenvalue weighted by Gasteiger charge is 2.34. The maximum absolute atomic E-state index is 13.9. The molecule has 154 valence electrons. The van der Waals surface area contributed by atoms with Crippen molar-refractivity contribution in [2.45, 2.75) is 6.61 Å². The Morgan fingerprint density at radius 2 is 1.61 bits per heavy atom. The van der Waals surface area contributed by atoms with Gasteiger partial charge >= 0.3 is 0 Å². The second-order valence-electron chi connectivity index (χ2n) is 6.71. The monoisotopic (exact) mass is 432 g/mol. The summed E-state index contributed by atoms with van der Waals surface area (Å²) in [7, 11) is 0. The predicted molar refractivity (Wildman–Crippen MR) is 120 cm³/mol. The molecule has 5 nitrogen and oxygen atoms in total. The van der Waals surface area contributed by atoms with E-state index in [4.69, 9.17) is 17.0 Å². The van der Waals surface area contributed by atoms with Crippen molar-refractivity contribution in [2.75, 3.05) is 4.90 Å². The Morgan fingerprint density at radius 1 is 0.935 bits per heavy atom. The van der Waals surface area contributed by atoms with Gasteiger partial charge in [-0.3, -0.25) is 19.8 Å². The molecule has 2 amide bonds. The van der Waals surface area contributed by atoms with E-state index < -0.39 is 11.8 Å². The normalized spacial score (nSPS) is 15.2. The summed E-state index contributed by atoms with van der Waals surface area (Å²) in [6.07, 6.45) is 1.45. The van der Waals surface area contributed by atoms with Crippen LogP contribution in [0.4, 0.5) is 10.1 Å². The third-order valence-electron chi connectivity index (χ3n) is 4.68. The van der Waals surface area contributed by atoms with Gasteiger partial charge in [-0.05, 0) is 42.6 Å². The smallest absolute Gasteiger partial charge is 0.270 e. The quantitative estimate of drug-likeness (QED) is 0.372. The zero-order valence-electron chi connectivity index (χ0n) is 16.2. The maximum atomic E-state index is 13.9. The largest absolute Gasteiger partial charge is 0.488 e. The van der Waals surface area contributed by atoms with Crippen LogP contribution in [0, 0.1) is 5.82 Å². The number of anilines is 1. The second kappa shape index (κ2) is 8.89. The van der Waals surface area contributed by atoms with Crippen LogP contribution < -0.4 is 15.0 Å². The lowest BCUT2D eigenvalue weighted by Crippen LogP contribution is -2.54. The first-order valence-corrected chi connectivity index (χ1v) is 9.87. The number of benzene rings is 3. The zero-order chi connectivity index (χ0) is 21.8. The molecule has 1 fully saturated rings. The number of thiocarbonyl (C=S) groups is 1. The number of nitrogens with one attached hydrogen (secondary N) is 1. The molecule has 1 N–H and O–H groups in total. The number of halogens is 1. The average Bonchev–Trinajstić information content (AvgIpc) is 2.77. The van der Waals surface area contributed by atoms with Crippen molar-refractivity contribution in [3.63, 3.8) is 0 Å². The van der Waals surface area contributed by atoms with E-state index in [2.05, 4.69) is 5.32 Å². The van der Waals surface area contributed by atoms with Crippen LogP contribution in [0.5, 0.6) is 5.75 Å². The number of ether oxygens (including phenoxy) is 1. The SMILES string of the molecule is O=C1NC(=S)N(c2ccccc2)C(=O)C1=Cc1ccccc1OCc1ccccc1F. The van der Waals surface area contributed by atoms with Crippen molar-refractivity contribution in [3.8, 4) is 5.75 Å². The minimum Gasteiger partial charge on any atom is -0.488 e. The Hall–Kier alpha value is -3.84. The third-order valence-corrected chi connectivity index (χ3v) is 4.96. The lowest BCUT2D eigenvalue weighted by Gasteiger charge is -2.28. The Balaban J connectivity index is 1.64. The molecule has 1 heterocycles. The number of carbonyl (C=O) groups excluding carboxylic acids is 2. The van der Waals surface area contributed by atoms with Gasteiger partial charge in [0.1, 0.15) is 23.7 Å². The molecule has 1 saturated heterocycles. The first-order chi connectivity index (χ1) is 15.0. The summed E-state index contributed by atoms with van der Waals surface area (Å²) < 4.78 is 19.7. The van der Waals surface area contributed by atoms with E-state index in [-0.39, 0.29) is 23.1 Å². The van der Waals surface area contributed by atoms with Crippen LogP contribution in [0.1, 0.15) is 11.1 Å². The number of para-hydroxylation sites is 2. The molecule has 0 atom stereocenters. The molecule has 0 radical (unpaired) electrons. The molecule has 7 heteroatoms. The van der Waals surface area contributed by atoms with E-state index in [1.807, 2.05) is 6.07 Å². The van der Waals surface area contributed by atoms with Gasteiger partial charge in [-0.1, -0.05) is 54.6 Å². The summed E-state index contributed by atoms with van der Waals surface area (Å²) in [5.74, 6) is -1.08. The van der Waals surface area contributed by atoms with E-state index >= 15 is 0 Å². The number of amides is 2. The fourth-order valence-electron chi connectivity index (χ4n) is 3.13. The highest BCUT2D eigenvalue weighted by atomic mass is 32.1. The molecule has 0 aliphatic carbocycles. The number of nitrogens with zero attached hydrogens (tertiary/aromatic N) is 1. The van der Waals surface area contributed by atoms with E-state index in [0.29, 0.717) is 22.6 Å². The number of rotatable bonds is 5. The van der Waals surface area contributed by atoms with E-state index in [1.54, 1.807) is 66.7 Å². The van der Waals surface area contributed by atoms with Crippen molar-refractivity contribution < 1.29 is 18.7 Å². The van der Waals surface area contributed by atoms with Gasteiger partial charge in [0.2, 0.25) is 0 Å². The van der Waals surface area contributed by atoms with Crippen LogP contribution in [-0.2, 0) is 16.2 Å². The first kappa shape index (κ1) is 20.4. The topological polar surface area (TPSA) is 58.6 Å². The Morgan fingerprint density at radius 3 is 2.39 bits per heavy atom. The van der Waals surface area contributed by atoms with Crippen LogP contribution in [0.3, 0.4) is 0 Å². The number of carbonyl (C=O) groups is 2. The highest BCUT2D eigenvalue weighted by Crippen LogP contribution is 2.26. The lowest BCUT2D eigenvalue weighted by atomic mass is 10.1. The fraction of sp³-hybridized carbons (Fsp3) is 0.0417. The molecule has 0 aromatic heterocycles. The van der Waals surface area contributed by atoms with Crippen molar-refractivity contribution in [1.29, 1.82) is 0 Å². The van der Waals surface area contributed by atoms with Crippen LogP contribution in [0.25, 0.3) is 6.08 Å². The Kier molecular flexibility index (Phi) is 5.86. The van der Waals surface area contributed by atoms with E-state index in [9.17, 15) is 14.0 Å². The van der Waals surface area contributed by atoms with Crippen LogP contribution in [0.15, 0.2) is 84.4 Å². The summed E-state index contributed by atoms with van der Waals surface area (Å²) in [6.45, 7) is 0.00717. The first-order valence-electron chi connectivity index (χ1n) is 9.46. The molecule has 31 heavy (non-hydrogen) atoms. The molecular formula is C24H17FN2O3S. The Labute approximate surface area is 183 Å². The van der Waals surface area contributed by atoms with Crippen molar-refractivity contribution >= 4 is 40.9 Å². The summed E-state index contributed by atoms with van der Waals surface area (Å²) in [6, 6.07) is 22.1. The fourth-order valence-corrected chi connectivity index (χ4v) is 3.41. The van der Waals surface area contributed by atoms with Crippen molar-refractivity contribution in [3.05, 3.63) is 101 Å². The predicted octanol–water partition coefficient (Wildman–Crippen LogP) is 4.24. The van der Waals surface area contributed by atoms with Gasteiger partial charge in [-0.25, -0.2) is 4.39 Å². The van der Waals surface area contributed by atoms with Crippen molar-refractivity contribution in [1.82, 2.24) is 5.32 Å². The highest BCUT2D eigenvalue weighted by molar-refractivity contribution is 7.80. The summed E-state index contributed by atoms with van der Waals surface area (Å²) in [5, 5.41) is 2.57. The minimum absolute atomic E-state index is 0.00717. The molecule has 0 bridgehead atoms. The molecule has 1 aliphatic rings. The standard InChI is InChI=1S/C24H17FN2O3S/c25-20-12-6-4-9-17(20)15-30-21-13-7-5-8-16(21)14-19-22(28)26-24(31)27(23(19)29)18-10-2-1-3-11-18/h1-14H,15H2,(H,26,28,31). The summed E-state index contributed by atoms with van der Waals surface area (Å²) >= 11 is 5.20. The van der Waals surface area contributed by atoms with E-state index in [0.717, 1.165) is 0 Å². The van der Waals surface area contributed by atoms with Crippen LogP contribution in [-0.4, -0.2) is 16.9 Å². The molecule has 3 aromatic rings. The molecular weight excluding hydrogens is 415 g/mol. The van der Waals surface area contributed by atoms with Gasteiger partial charge in [0, 0.05) is 11.1 Å². The average molecular weight is 432 g/mol. The van der Waals surface area contributed by atoms with Gasteiger partial charge in [0.25, 0.3) is 11.8 Å². The molecule has 0 unspecified atom stereocenters. The van der Waals surface area contributed by atoms with Gasteiger partial charge < -0.3 is 4.74 Å². The summed E-state index contributed by atoms with van der Waals surface area (Å²) in [5.41, 5.74) is 1.38. The van der Waals surface area contributed by atoms with E-state index in [1.165, 1.54) is 17.0 Å². The molecule has 4 rings (SSSR count). The maximum Gasteiger partial charge on any atom is 0.270 e. The van der Waals surface area contributed by atoms with Gasteiger partial charge in [0.15, 0.2) is 5.11 Å². The van der Waals surface area contributed by atoms with Crippen LogP contribution in [0.2, 0.25) is 0 Å². The molecule has 3 aromatic carbocycles. The number of hydrogen-bond acceptors (Lipinski definition) is 4. The second-order valence-corrected chi connectivity index (χ2v) is 7.10. The zero-order valence-corrected chi connectivity index (χ0v) is 17.1. The minimum atomic E-state index is -0.592. The summed E-state index contributed by atoms with van der Waals surface area (Å²) in [4.78, 5) is 26.9. The molecule has 0 saturated carbocycles. The Bertz CT molecular complexity index is 1190. The third kappa shape index (κ3) is 4.36. The van der Waals surface area contributed by atoms with Gasteiger partial charge in [-0.15, -0.1) is 0 Å². The van der Waals surface area contributed by atoms with Gasteiger partial charge in [-0.2, -0.15) is 0 Å². The molecule has 0 spiro atoms. The van der Waals surface area contributed by atoms with Crippen molar-refractivity contribution in [2.24, 2.45) is 0 Å². The lowest BCUT2D eigenvalue weighted by molar-refractivity contribution is -0.122. The van der Waals surface area contributed by atoms with Crippen LogP contribution >= 0.6 is 12.2 Å². The van der Waals surface area contributed by atoms with Gasteiger partial charge in [0.05, 0.1) is 5.69 Å². The molecule has 1 aliphatic heterocycles. The number of hydrogen-bond donors (Lipinski definition) is 1.